The highest BCUT2D eigenvalue weighted by Gasteiger charge is 2.29. The average Bonchev–Trinajstić information content (AvgIpc) is 3.31. The molecule has 4 rings (SSSR count). The van der Waals surface area contributed by atoms with Gasteiger partial charge in [0.05, 0.1) is 12.0 Å². The Kier molecular flexibility index (Phi) is 8.01. The van der Waals surface area contributed by atoms with Gasteiger partial charge in [-0.2, -0.15) is 4.72 Å². The van der Waals surface area contributed by atoms with Crippen LogP contribution < -0.4 is 14.8 Å². The monoisotopic (exact) mass is 536 g/mol. The van der Waals surface area contributed by atoms with Crippen molar-refractivity contribution in [2.45, 2.75) is 38.1 Å². The summed E-state index contributed by atoms with van der Waals surface area (Å²) in [5, 5.41) is 11.9. The van der Waals surface area contributed by atoms with E-state index in [9.17, 15) is 13.2 Å². The molecule has 37 heavy (non-hydrogen) atoms. The summed E-state index contributed by atoms with van der Waals surface area (Å²) in [4.78, 5) is 13.5. The number of aromatic nitrogens is 2. The summed E-state index contributed by atoms with van der Waals surface area (Å²) in [7, 11) is -2.40. The van der Waals surface area contributed by atoms with Crippen LogP contribution in [0.15, 0.2) is 71.6 Å². The van der Waals surface area contributed by atoms with Gasteiger partial charge in [-0.15, -0.1) is 10.2 Å². The van der Waals surface area contributed by atoms with Crippen molar-refractivity contribution in [1.29, 1.82) is 0 Å². The summed E-state index contributed by atoms with van der Waals surface area (Å²) in [6.45, 7) is 5.42. The second-order valence-corrected chi connectivity index (χ2v) is 11.3. The van der Waals surface area contributed by atoms with Gasteiger partial charge in [0.25, 0.3) is 0 Å². The largest absolute Gasteiger partial charge is 0.497 e. The second-order valence-electron chi connectivity index (χ2n) is 8.72. The van der Waals surface area contributed by atoms with Crippen LogP contribution in [0.25, 0.3) is 10.6 Å². The number of amides is 1. The quantitative estimate of drug-likeness (QED) is 0.322. The first kappa shape index (κ1) is 26.5. The first-order valence-corrected chi connectivity index (χ1v) is 13.9. The number of methoxy groups -OCH3 is 1. The van der Waals surface area contributed by atoms with Crippen LogP contribution in [0.5, 0.6) is 5.75 Å². The lowest BCUT2D eigenvalue weighted by Crippen LogP contribution is -2.45. The van der Waals surface area contributed by atoms with Crippen LogP contribution in [0.4, 0.5) is 5.13 Å². The molecule has 0 spiro atoms. The highest BCUT2D eigenvalue weighted by Crippen LogP contribution is 2.28. The van der Waals surface area contributed by atoms with E-state index < -0.39 is 22.0 Å². The first-order valence-electron chi connectivity index (χ1n) is 11.6. The first-order chi connectivity index (χ1) is 17.7. The molecule has 1 amide bonds. The summed E-state index contributed by atoms with van der Waals surface area (Å²) in [5.41, 5.74) is 3.86. The molecule has 0 aliphatic heterocycles. The Bertz CT molecular complexity index is 1480. The van der Waals surface area contributed by atoms with Crippen LogP contribution >= 0.6 is 11.3 Å². The Morgan fingerprint density at radius 3 is 2.24 bits per heavy atom. The van der Waals surface area contributed by atoms with Crippen molar-refractivity contribution in [3.63, 3.8) is 0 Å². The van der Waals surface area contributed by atoms with Gasteiger partial charge in [-0.1, -0.05) is 59.4 Å². The molecule has 3 aromatic carbocycles. The number of aryl methyl sites for hydroxylation is 3. The van der Waals surface area contributed by atoms with Gasteiger partial charge in [0, 0.05) is 5.56 Å². The fraction of sp³-hybridized carbons (Fsp3) is 0.222. The van der Waals surface area contributed by atoms with Crippen molar-refractivity contribution in [2.24, 2.45) is 0 Å². The van der Waals surface area contributed by atoms with E-state index in [-0.39, 0.29) is 16.4 Å². The van der Waals surface area contributed by atoms with Gasteiger partial charge in [0.1, 0.15) is 16.8 Å². The molecular formula is C27H28N4O4S2. The van der Waals surface area contributed by atoms with E-state index in [1.165, 1.54) is 11.3 Å². The normalized spacial score (nSPS) is 12.2. The zero-order valence-corrected chi connectivity index (χ0v) is 22.6. The minimum atomic E-state index is -3.99. The highest BCUT2D eigenvalue weighted by atomic mass is 32.2. The van der Waals surface area contributed by atoms with Gasteiger partial charge >= 0.3 is 0 Å². The number of benzene rings is 3. The fourth-order valence-electron chi connectivity index (χ4n) is 4.19. The Morgan fingerprint density at radius 2 is 1.62 bits per heavy atom. The summed E-state index contributed by atoms with van der Waals surface area (Å²) in [5.74, 6) is 0.198. The summed E-state index contributed by atoms with van der Waals surface area (Å²) in [6, 6.07) is 19.2. The standard InChI is InChI=1S/C27H28N4O4S2/c1-17-14-18(2)24(19(3)15-17)37(33,34)31-23(16-20-8-6-5-7-9-20)25(32)28-27-30-29-26(36-27)21-10-12-22(35-4)13-11-21/h5-15,23,31H,16H2,1-4H3,(H,28,30,32). The lowest BCUT2D eigenvalue weighted by molar-refractivity contribution is -0.117. The molecule has 1 unspecified atom stereocenters. The van der Waals surface area contributed by atoms with Crippen LogP contribution in [-0.4, -0.2) is 37.7 Å². The van der Waals surface area contributed by atoms with Crippen LogP contribution in [0.2, 0.25) is 0 Å². The minimum Gasteiger partial charge on any atom is -0.497 e. The van der Waals surface area contributed by atoms with Crippen molar-refractivity contribution in [1.82, 2.24) is 14.9 Å². The van der Waals surface area contributed by atoms with Gasteiger partial charge in [-0.3, -0.25) is 10.1 Å². The maximum atomic E-state index is 13.5. The van der Waals surface area contributed by atoms with Crippen molar-refractivity contribution >= 4 is 32.4 Å². The Labute approximate surface area is 220 Å². The molecule has 1 heterocycles. The fourth-order valence-corrected chi connectivity index (χ4v) is 6.59. The molecule has 1 atom stereocenters. The molecule has 0 radical (unpaired) electrons. The third kappa shape index (κ3) is 6.40. The Balaban J connectivity index is 1.59. The number of nitrogens with zero attached hydrogens (tertiary/aromatic N) is 2. The van der Waals surface area contributed by atoms with E-state index in [0.717, 1.165) is 22.4 Å². The maximum absolute atomic E-state index is 13.5. The zero-order chi connectivity index (χ0) is 26.6. The zero-order valence-electron chi connectivity index (χ0n) is 21.0. The number of hydrogen-bond donors (Lipinski definition) is 2. The smallest absolute Gasteiger partial charge is 0.244 e. The molecule has 4 aromatic rings. The molecule has 0 aliphatic rings. The molecule has 0 saturated carbocycles. The van der Waals surface area contributed by atoms with E-state index >= 15 is 0 Å². The van der Waals surface area contributed by atoms with Gasteiger partial charge in [-0.05, 0) is 68.1 Å². The number of sulfonamides is 1. The summed E-state index contributed by atoms with van der Waals surface area (Å²) in [6.07, 6.45) is 0.167. The number of hydrogen-bond acceptors (Lipinski definition) is 7. The molecule has 0 aliphatic carbocycles. The number of carbonyl (C=O) groups is 1. The van der Waals surface area contributed by atoms with Crippen LogP contribution in [0, 0.1) is 20.8 Å². The SMILES string of the molecule is COc1ccc(-c2nnc(NC(=O)C(Cc3ccccc3)NS(=O)(=O)c3c(C)cc(C)cc3C)s2)cc1. The topological polar surface area (TPSA) is 110 Å². The number of nitrogens with one attached hydrogen (secondary N) is 2. The molecule has 10 heteroatoms. The molecular weight excluding hydrogens is 508 g/mol. The average molecular weight is 537 g/mol. The predicted molar refractivity (Wildman–Crippen MR) is 145 cm³/mol. The lowest BCUT2D eigenvalue weighted by Gasteiger charge is -2.20. The van der Waals surface area contributed by atoms with Gasteiger partial charge in [0.15, 0.2) is 0 Å². The molecule has 192 valence electrons. The Morgan fingerprint density at radius 1 is 0.973 bits per heavy atom. The van der Waals surface area contributed by atoms with Gasteiger partial charge in [0.2, 0.25) is 21.1 Å². The van der Waals surface area contributed by atoms with Crippen molar-refractivity contribution in [3.05, 3.63) is 89.0 Å². The van der Waals surface area contributed by atoms with E-state index in [0.29, 0.717) is 16.1 Å². The van der Waals surface area contributed by atoms with E-state index in [1.54, 1.807) is 21.0 Å². The van der Waals surface area contributed by atoms with Crippen LogP contribution in [0.3, 0.4) is 0 Å². The molecule has 0 saturated heterocycles. The van der Waals surface area contributed by atoms with Crippen LogP contribution in [-0.2, 0) is 21.2 Å². The van der Waals surface area contributed by atoms with Crippen molar-refractivity contribution in [2.75, 3.05) is 12.4 Å². The van der Waals surface area contributed by atoms with Gasteiger partial charge < -0.3 is 4.74 Å². The number of rotatable bonds is 9. The molecule has 2 N–H and O–H groups in total. The van der Waals surface area contributed by atoms with E-state index in [2.05, 4.69) is 20.2 Å². The van der Waals surface area contributed by atoms with Crippen LogP contribution in [0.1, 0.15) is 22.3 Å². The summed E-state index contributed by atoms with van der Waals surface area (Å²) < 4.78 is 34.7. The Hall–Kier alpha value is -3.60. The molecule has 1 aromatic heterocycles. The molecule has 0 bridgehead atoms. The number of ether oxygens (including phenoxy) is 1. The lowest BCUT2D eigenvalue weighted by atomic mass is 10.1. The maximum Gasteiger partial charge on any atom is 0.244 e. The van der Waals surface area contributed by atoms with E-state index in [1.807, 2.05) is 73.7 Å². The number of carbonyl (C=O) groups excluding carboxylic acids is 1. The second kappa shape index (κ2) is 11.2. The molecule has 0 fully saturated rings. The summed E-state index contributed by atoms with van der Waals surface area (Å²) >= 11 is 1.20. The predicted octanol–water partition coefficient (Wildman–Crippen LogP) is 4.67. The third-order valence-corrected chi connectivity index (χ3v) is 8.43. The minimum absolute atomic E-state index is 0.167. The highest BCUT2D eigenvalue weighted by molar-refractivity contribution is 7.89. The van der Waals surface area contributed by atoms with Crippen molar-refractivity contribution < 1.29 is 17.9 Å². The number of anilines is 1. The third-order valence-electron chi connectivity index (χ3n) is 5.76. The molecule has 8 nitrogen and oxygen atoms in total. The van der Waals surface area contributed by atoms with Gasteiger partial charge in [-0.25, -0.2) is 8.42 Å². The van der Waals surface area contributed by atoms with Crippen molar-refractivity contribution in [3.8, 4) is 16.3 Å². The van der Waals surface area contributed by atoms with E-state index in [4.69, 9.17) is 4.74 Å².